The average molecular weight is 234 g/mol. The van der Waals surface area contributed by atoms with E-state index in [2.05, 4.69) is 4.74 Å². The van der Waals surface area contributed by atoms with Crippen molar-refractivity contribution in [3.05, 3.63) is 29.8 Å². The Morgan fingerprint density at radius 1 is 1.31 bits per heavy atom. The van der Waals surface area contributed by atoms with E-state index in [0.717, 1.165) is 6.07 Å². The zero-order chi connectivity index (χ0) is 12.0. The second kappa shape index (κ2) is 3.20. The van der Waals surface area contributed by atoms with Gasteiger partial charge in [-0.25, -0.2) is 4.39 Å². The molecule has 0 amide bonds. The van der Waals surface area contributed by atoms with Crippen LogP contribution in [0.15, 0.2) is 24.3 Å². The molecule has 0 fully saturated rings. The van der Waals surface area contributed by atoms with Crippen LogP contribution in [0.2, 0.25) is 0 Å². The smallest absolute Gasteiger partial charge is 0.438 e. The minimum Gasteiger partial charge on any atom is -0.466 e. The third-order valence-electron chi connectivity index (χ3n) is 2.47. The fourth-order valence-corrected chi connectivity index (χ4v) is 1.60. The van der Waals surface area contributed by atoms with E-state index in [0.29, 0.717) is 0 Å². The molecule has 0 spiro atoms. The summed E-state index contributed by atoms with van der Waals surface area (Å²) < 4.78 is 56.0. The topological polar surface area (TPSA) is 26.3 Å². The number of para-hydroxylation sites is 1. The quantitative estimate of drug-likeness (QED) is 0.551. The predicted octanol–water partition coefficient (Wildman–Crippen LogP) is 2.59. The van der Waals surface area contributed by atoms with Gasteiger partial charge < -0.3 is 4.74 Å². The molecule has 1 aromatic rings. The van der Waals surface area contributed by atoms with Crippen molar-refractivity contribution >= 4 is 6.29 Å². The molecule has 1 heterocycles. The van der Waals surface area contributed by atoms with Gasteiger partial charge in [0.1, 0.15) is 5.75 Å². The average Bonchev–Trinajstić information content (AvgIpc) is 2.53. The fourth-order valence-electron chi connectivity index (χ4n) is 1.60. The first-order valence-electron chi connectivity index (χ1n) is 4.37. The number of carbonyl (C=O) groups excluding carboxylic acids is 1. The van der Waals surface area contributed by atoms with Crippen LogP contribution in [0.4, 0.5) is 17.6 Å². The number of hydrogen-bond acceptors (Lipinski definition) is 2. The van der Waals surface area contributed by atoms with Crippen LogP contribution in [-0.4, -0.2) is 18.1 Å². The molecule has 0 saturated heterocycles. The largest absolute Gasteiger partial charge is 0.466 e. The van der Waals surface area contributed by atoms with Crippen molar-refractivity contribution in [1.82, 2.24) is 0 Å². The van der Waals surface area contributed by atoms with Crippen LogP contribution in [0.25, 0.3) is 0 Å². The second-order valence-electron chi connectivity index (χ2n) is 3.41. The number of benzene rings is 1. The normalized spacial score (nSPS) is 28.4. The molecule has 0 bridgehead atoms. The highest BCUT2D eigenvalue weighted by Crippen LogP contribution is 2.51. The lowest BCUT2D eigenvalue weighted by Crippen LogP contribution is -2.52. The van der Waals surface area contributed by atoms with Crippen molar-refractivity contribution in [2.45, 2.75) is 17.9 Å². The predicted molar refractivity (Wildman–Crippen MR) is 45.8 cm³/mol. The van der Waals surface area contributed by atoms with Crippen LogP contribution in [-0.2, 0) is 4.79 Å². The summed E-state index contributed by atoms with van der Waals surface area (Å²) >= 11 is 0. The molecule has 6 heteroatoms. The number of aldehydes is 1. The van der Waals surface area contributed by atoms with Gasteiger partial charge in [-0.15, -0.1) is 0 Å². The summed E-state index contributed by atoms with van der Waals surface area (Å²) in [5.74, 6) is -0.251. The highest BCUT2D eigenvalue weighted by molar-refractivity contribution is 5.70. The van der Waals surface area contributed by atoms with Crippen molar-refractivity contribution in [2.75, 3.05) is 0 Å². The van der Waals surface area contributed by atoms with Crippen molar-refractivity contribution in [3.63, 3.8) is 0 Å². The third kappa shape index (κ3) is 1.22. The van der Waals surface area contributed by atoms with Crippen LogP contribution in [0, 0.1) is 0 Å². The first-order valence-corrected chi connectivity index (χ1v) is 4.37. The van der Waals surface area contributed by atoms with Crippen LogP contribution in [0.5, 0.6) is 5.75 Å². The van der Waals surface area contributed by atoms with Gasteiger partial charge in [0.2, 0.25) is 0 Å². The van der Waals surface area contributed by atoms with Crippen LogP contribution in [0.1, 0.15) is 11.7 Å². The Kier molecular flexibility index (Phi) is 2.18. The van der Waals surface area contributed by atoms with Crippen LogP contribution < -0.4 is 4.74 Å². The van der Waals surface area contributed by atoms with E-state index in [1.807, 2.05) is 0 Å². The molecular formula is C10H6F4O2. The summed E-state index contributed by atoms with van der Waals surface area (Å²) in [7, 11) is 0. The summed E-state index contributed by atoms with van der Waals surface area (Å²) in [6.45, 7) is 0. The number of rotatable bonds is 1. The van der Waals surface area contributed by atoms with Crippen molar-refractivity contribution in [2.24, 2.45) is 0 Å². The molecule has 16 heavy (non-hydrogen) atoms. The number of ether oxygens (including phenoxy) is 1. The Hall–Kier alpha value is -1.59. The van der Waals surface area contributed by atoms with E-state index in [4.69, 9.17) is 0 Å². The summed E-state index contributed by atoms with van der Waals surface area (Å²) in [5, 5.41) is 0. The van der Waals surface area contributed by atoms with E-state index < -0.39 is 24.2 Å². The highest BCUT2D eigenvalue weighted by atomic mass is 19.4. The van der Waals surface area contributed by atoms with Gasteiger partial charge in [-0.3, -0.25) is 4.79 Å². The van der Waals surface area contributed by atoms with Crippen LogP contribution >= 0.6 is 0 Å². The van der Waals surface area contributed by atoms with Crippen molar-refractivity contribution in [1.29, 1.82) is 0 Å². The lowest BCUT2D eigenvalue weighted by atomic mass is 9.96. The van der Waals surface area contributed by atoms with E-state index in [9.17, 15) is 22.4 Å². The fraction of sp³-hybridized carbons (Fsp3) is 0.300. The van der Waals surface area contributed by atoms with Gasteiger partial charge in [-0.2, -0.15) is 13.2 Å². The Bertz CT molecular complexity index is 429. The zero-order valence-electron chi connectivity index (χ0n) is 7.79. The van der Waals surface area contributed by atoms with E-state index >= 15 is 0 Å². The molecule has 0 radical (unpaired) electrons. The Morgan fingerprint density at radius 2 is 1.94 bits per heavy atom. The molecule has 2 nitrogen and oxygen atoms in total. The second-order valence-corrected chi connectivity index (χ2v) is 3.41. The molecule has 2 rings (SSSR count). The molecule has 0 aliphatic carbocycles. The number of halogens is 4. The number of fused-ring (bicyclic) bond motifs is 1. The minimum atomic E-state index is -5.09. The van der Waals surface area contributed by atoms with E-state index in [-0.39, 0.29) is 11.3 Å². The van der Waals surface area contributed by atoms with Gasteiger partial charge in [-0.1, -0.05) is 18.2 Å². The molecule has 0 aromatic heterocycles. The van der Waals surface area contributed by atoms with Gasteiger partial charge in [0.05, 0.1) is 0 Å². The maximum Gasteiger partial charge on any atom is 0.438 e. The maximum atomic E-state index is 13.7. The van der Waals surface area contributed by atoms with E-state index in [1.165, 1.54) is 18.2 Å². The van der Waals surface area contributed by atoms with Gasteiger partial charge in [0.15, 0.2) is 12.5 Å². The Balaban J connectivity index is 2.54. The van der Waals surface area contributed by atoms with Crippen LogP contribution in [0.3, 0.4) is 0 Å². The molecular weight excluding hydrogens is 228 g/mol. The summed E-state index contributed by atoms with van der Waals surface area (Å²) in [5.41, 5.74) is -3.66. The maximum absolute atomic E-state index is 13.7. The molecule has 1 aliphatic rings. The molecule has 0 saturated carbocycles. The molecule has 1 aliphatic heterocycles. The molecule has 2 atom stereocenters. The zero-order valence-corrected chi connectivity index (χ0v) is 7.79. The van der Waals surface area contributed by atoms with Crippen molar-refractivity contribution < 1.29 is 27.1 Å². The van der Waals surface area contributed by atoms with Gasteiger partial charge >= 0.3 is 6.18 Å². The SMILES string of the molecule is O=CC1(C(F)(F)F)Oc2ccccc2C1F. The number of hydrogen-bond donors (Lipinski definition) is 0. The minimum absolute atomic E-state index is 0.251. The first-order chi connectivity index (χ1) is 7.42. The monoisotopic (exact) mass is 234 g/mol. The lowest BCUT2D eigenvalue weighted by Gasteiger charge is -2.26. The summed E-state index contributed by atoms with van der Waals surface area (Å²) in [6, 6.07) is 5.14. The first kappa shape index (κ1) is 10.9. The van der Waals surface area contributed by atoms with Gasteiger partial charge in [0, 0.05) is 5.56 Å². The number of alkyl halides is 4. The molecule has 86 valence electrons. The lowest BCUT2D eigenvalue weighted by molar-refractivity contribution is -0.246. The summed E-state index contributed by atoms with van der Waals surface area (Å²) in [4.78, 5) is 10.6. The number of carbonyl (C=O) groups is 1. The van der Waals surface area contributed by atoms with E-state index in [1.54, 1.807) is 0 Å². The Labute approximate surface area is 87.8 Å². The third-order valence-corrected chi connectivity index (χ3v) is 2.47. The highest BCUT2D eigenvalue weighted by Gasteiger charge is 2.67. The standard InChI is InChI=1S/C10H6F4O2/c11-8-6-3-1-2-4-7(6)16-9(8,5-15)10(12,13)14/h1-5,8H. The van der Waals surface area contributed by atoms with Crippen molar-refractivity contribution in [3.8, 4) is 5.75 Å². The van der Waals surface area contributed by atoms with Gasteiger partial charge in [0.25, 0.3) is 5.60 Å². The Morgan fingerprint density at radius 3 is 2.44 bits per heavy atom. The molecule has 2 unspecified atom stereocenters. The van der Waals surface area contributed by atoms with Gasteiger partial charge in [-0.05, 0) is 6.07 Å². The molecule has 0 N–H and O–H groups in total. The molecule has 1 aromatic carbocycles. The summed E-state index contributed by atoms with van der Waals surface area (Å²) in [6.07, 6.45) is -8.15.